The summed E-state index contributed by atoms with van der Waals surface area (Å²) in [5.41, 5.74) is 2.82. The zero-order chi connectivity index (χ0) is 12.1. The summed E-state index contributed by atoms with van der Waals surface area (Å²) in [5.74, 6) is 0.615. The van der Waals surface area contributed by atoms with Gasteiger partial charge in [-0.2, -0.15) is 0 Å². The number of carbonyl (C=O) groups excluding carboxylic acids is 1. The maximum atomic E-state index is 11.5. The van der Waals surface area contributed by atoms with Gasteiger partial charge in [-0.15, -0.1) is 0 Å². The molecule has 0 aromatic heterocycles. The molecule has 17 heavy (non-hydrogen) atoms. The van der Waals surface area contributed by atoms with Gasteiger partial charge in [0.15, 0.2) is 0 Å². The number of hydrogen-bond donors (Lipinski definition) is 2. The first-order valence-corrected chi connectivity index (χ1v) is 6.36. The Bertz CT molecular complexity index is 390. The molecule has 3 nitrogen and oxygen atoms in total. The van der Waals surface area contributed by atoms with E-state index in [1.54, 1.807) is 0 Å². The van der Waals surface area contributed by atoms with Crippen LogP contribution in [0.1, 0.15) is 30.4 Å². The van der Waals surface area contributed by atoms with E-state index in [2.05, 4.69) is 41.8 Å². The number of hydrogen-bond acceptors (Lipinski definition) is 2. The molecule has 3 heteroatoms. The van der Waals surface area contributed by atoms with Crippen molar-refractivity contribution < 1.29 is 4.79 Å². The zero-order valence-electron chi connectivity index (χ0n) is 10.3. The van der Waals surface area contributed by atoms with Crippen LogP contribution in [-0.2, 0) is 11.2 Å². The van der Waals surface area contributed by atoms with Crippen LogP contribution in [0.4, 0.5) is 0 Å². The number of benzene rings is 1. The molecule has 0 bridgehead atoms. The summed E-state index contributed by atoms with van der Waals surface area (Å²) in [5, 5.41) is 6.08. The van der Waals surface area contributed by atoms with Gasteiger partial charge in [0, 0.05) is 12.5 Å². The fourth-order valence-corrected chi connectivity index (χ4v) is 2.22. The van der Waals surface area contributed by atoms with Gasteiger partial charge in [0.05, 0.1) is 6.54 Å². The number of amides is 1. The highest BCUT2D eigenvalue weighted by atomic mass is 16.1. The summed E-state index contributed by atoms with van der Waals surface area (Å²) in [6, 6.07) is 8.46. The van der Waals surface area contributed by atoms with Crippen molar-refractivity contribution in [3.8, 4) is 0 Å². The van der Waals surface area contributed by atoms with Gasteiger partial charge in [-0.25, -0.2) is 0 Å². The van der Waals surface area contributed by atoms with Crippen LogP contribution in [0, 0.1) is 0 Å². The van der Waals surface area contributed by atoms with E-state index < -0.39 is 0 Å². The van der Waals surface area contributed by atoms with E-state index in [1.807, 2.05) is 0 Å². The van der Waals surface area contributed by atoms with Crippen molar-refractivity contribution in [1.29, 1.82) is 0 Å². The Labute approximate surface area is 103 Å². The van der Waals surface area contributed by atoms with Crippen LogP contribution >= 0.6 is 0 Å². The predicted molar refractivity (Wildman–Crippen MR) is 69.1 cm³/mol. The quantitative estimate of drug-likeness (QED) is 0.729. The van der Waals surface area contributed by atoms with Gasteiger partial charge in [0.1, 0.15) is 0 Å². The maximum Gasteiger partial charge on any atom is 0.233 e. The fraction of sp³-hybridized carbons (Fsp3) is 0.500. The molecule has 1 atom stereocenters. The summed E-state index contributed by atoms with van der Waals surface area (Å²) in [6.45, 7) is 4.20. The minimum atomic E-state index is 0.0998. The highest BCUT2D eigenvalue weighted by Crippen LogP contribution is 2.33. The van der Waals surface area contributed by atoms with Crippen molar-refractivity contribution in [2.45, 2.75) is 25.7 Å². The molecule has 92 valence electrons. The third-order valence-corrected chi connectivity index (χ3v) is 3.22. The van der Waals surface area contributed by atoms with Crippen molar-refractivity contribution >= 4 is 5.91 Å². The van der Waals surface area contributed by atoms with Crippen LogP contribution in [0.15, 0.2) is 24.3 Å². The molecule has 1 unspecified atom stereocenters. The molecule has 1 aromatic rings. The van der Waals surface area contributed by atoms with Crippen LogP contribution in [-0.4, -0.2) is 25.5 Å². The molecule has 0 aliphatic heterocycles. The van der Waals surface area contributed by atoms with Crippen molar-refractivity contribution in [3.63, 3.8) is 0 Å². The predicted octanol–water partition coefficient (Wildman–Crippen LogP) is 1.44. The van der Waals surface area contributed by atoms with E-state index in [1.165, 1.54) is 11.1 Å². The second-order valence-corrected chi connectivity index (χ2v) is 4.58. The maximum absolute atomic E-state index is 11.5. The molecule has 1 aliphatic rings. The molecule has 1 aliphatic carbocycles. The summed E-state index contributed by atoms with van der Waals surface area (Å²) in [4.78, 5) is 11.5. The van der Waals surface area contributed by atoms with E-state index in [4.69, 9.17) is 0 Å². The SMILES string of the molecule is CCCNCC(=O)NCC1Cc2ccccc21. The van der Waals surface area contributed by atoms with E-state index >= 15 is 0 Å². The lowest BCUT2D eigenvalue weighted by Crippen LogP contribution is -2.38. The Kier molecular flexibility index (Phi) is 4.15. The lowest BCUT2D eigenvalue weighted by Gasteiger charge is -2.30. The Morgan fingerprint density at radius 2 is 2.24 bits per heavy atom. The molecule has 0 heterocycles. The van der Waals surface area contributed by atoms with Crippen LogP contribution in [0.5, 0.6) is 0 Å². The molecule has 1 aromatic carbocycles. The zero-order valence-corrected chi connectivity index (χ0v) is 10.3. The van der Waals surface area contributed by atoms with Crippen molar-refractivity contribution in [2.75, 3.05) is 19.6 Å². The normalized spacial score (nSPS) is 17.1. The second kappa shape index (κ2) is 5.82. The first-order chi connectivity index (χ1) is 8.31. The lowest BCUT2D eigenvalue weighted by molar-refractivity contribution is -0.120. The van der Waals surface area contributed by atoms with Gasteiger partial charge in [0.25, 0.3) is 0 Å². The summed E-state index contributed by atoms with van der Waals surface area (Å²) in [7, 11) is 0. The molecule has 2 rings (SSSR count). The molecule has 2 N–H and O–H groups in total. The summed E-state index contributed by atoms with van der Waals surface area (Å²) in [6.07, 6.45) is 2.15. The van der Waals surface area contributed by atoms with Gasteiger partial charge >= 0.3 is 0 Å². The Hall–Kier alpha value is -1.35. The average molecular weight is 232 g/mol. The van der Waals surface area contributed by atoms with E-state index in [0.717, 1.165) is 25.9 Å². The molecular weight excluding hydrogens is 212 g/mol. The minimum Gasteiger partial charge on any atom is -0.354 e. The van der Waals surface area contributed by atoms with Crippen molar-refractivity contribution in [1.82, 2.24) is 10.6 Å². The number of carbonyl (C=O) groups is 1. The molecule has 0 radical (unpaired) electrons. The van der Waals surface area contributed by atoms with Gasteiger partial charge in [-0.3, -0.25) is 4.79 Å². The fourth-order valence-electron chi connectivity index (χ4n) is 2.22. The second-order valence-electron chi connectivity index (χ2n) is 4.58. The summed E-state index contributed by atoms with van der Waals surface area (Å²) < 4.78 is 0. The van der Waals surface area contributed by atoms with E-state index in [9.17, 15) is 4.79 Å². The Morgan fingerprint density at radius 3 is 3.00 bits per heavy atom. The van der Waals surface area contributed by atoms with Gasteiger partial charge in [-0.05, 0) is 30.5 Å². The van der Waals surface area contributed by atoms with Crippen LogP contribution in [0.25, 0.3) is 0 Å². The van der Waals surface area contributed by atoms with E-state index in [0.29, 0.717) is 12.5 Å². The number of fused-ring (bicyclic) bond motifs is 1. The van der Waals surface area contributed by atoms with Gasteiger partial charge in [-0.1, -0.05) is 31.2 Å². The van der Waals surface area contributed by atoms with Crippen molar-refractivity contribution in [2.24, 2.45) is 0 Å². The summed E-state index contributed by atoms with van der Waals surface area (Å²) >= 11 is 0. The first-order valence-electron chi connectivity index (χ1n) is 6.36. The average Bonchev–Trinajstić information content (AvgIpc) is 2.31. The molecule has 0 spiro atoms. The molecule has 0 saturated carbocycles. The minimum absolute atomic E-state index is 0.0998. The van der Waals surface area contributed by atoms with Crippen LogP contribution < -0.4 is 10.6 Å². The third kappa shape index (κ3) is 3.07. The highest BCUT2D eigenvalue weighted by Gasteiger charge is 2.25. The van der Waals surface area contributed by atoms with Gasteiger partial charge in [0.2, 0.25) is 5.91 Å². The molecular formula is C14H20N2O. The monoisotopic (exact) mass is 232 g/mol. The number of rotatable bonds is 6. The topological polar surface area (TPSA) is 41.1 Å². The molecule has 1 amide bonds. The number of nitrogens with one attached hydrogen (secondary N) is 2. The third-order valence-electron chi connectivity index (χ3n) is 3.22. The molecule has 0 fully saturated rings. The smallest absolute Gasteiger partial charge is 0.233 e. The van der Waals surface area contributed by atoms with E-state index in [-0.39, 0.29) is 5.91 Å². The van der Waals surface area contributed by atoms with Crippen molar-refractivity contribution in [3.05, 3.63) is 35.4 Å². The molecule has 0 saturated heterocycles. The standard InChI is InChI=1S/C14H20N2O/c1-2-7-15-10-14(17)16-9-12-8-11-5-3-4-6-13(11)12/h3-6,12,15H,2,7-10H2,1H3,(H,16,17). The van der Waals surface area contributed by atoms with Crippen LogP contribution in [0.3, 0.4) is 0 Å². The Morgan fingerprint density at radius 1 is 1.41 bits per heavy atom. The van der Waals surface area contributed by atoms with Gasteiger partial charge < -0.3 is 10.6 Å². The van der Waals surface area contributed by atoms with Crippen LogP contribution in [0.2, 0.25) is 0 Å². The highest BCUT2D eigenvalue weighted by molar-refractivity contribution is 5.78. The lowest BCUT2D eigenvalue weighted by atomic mass is 9.77. The first kappa shape index (κ1) is 12.1. The Balaban J connectivity index is 1.69. The largest absolute Gasteiger partial charge is 0.354 e.